The number of aryl methyl sites for hydroxylation is 1. The summed E-state index contributed by atoms with van der Waals surface area (Å²) >= 11 is 0. The SMILES string of the molecule is CC(=O)N1CCC(C(=O)N2CCC[C@@H](c3ccccc3C)C2)CC1. The highest BCUT2D eigenvalue weighted by atomic mass is 16.2. The van der Waals surface area contributed by atoms with Crippen LogP contribution in [-0.2, 0) is 9.59 Å². The molecule has 0 unspecified atom stereocenters. The van der Waals surface area contributed by atoms with E-state index < -0.39 is 0 Å². The Morgan fingerprint density at radius 1 is 1.00 bits per heavy atom. The fraction of sp³-hybridized carbons (Fsp3) is 0.600. The van der Waals surface area contributed by atoms with Crippen molar-refractivity contribution in [3.63, 3.8) is 0 Å². The molecule has 2 saturated heterocycles. The van der Waals surface area contributed by atoms with Gasteiger partial charge in [-0.15, -0.1) is 0 Å². The second kappa shape index (κ2) is 7.37. The third kappa shape index (κ3) is 3.63. The molecule has 0 bridgehead atoms. The van der Waals surface area contributed by atoms with Gasteiger partial charge in [0.05, 0.1) is 0 Å². The molecule has 0 spiro atoms. The van der Waals surface area contributed by atoms with Gasteiger partial charge in [0.15, 0.2) is 0 Å². The summed E-state index contributed by atoms with van der Waals surface area (Å²) in [5.74, 6) is 0.979. The largest absolute Gasteiger partial charge is 0.343 e. The number of carbonyl (C=O) groups is 2. The third-order valence-corrected chi connectivity index (χ3v) is 5.65. The number of hydrogen-bond acceptors (Lipinski definition) is 2. The van der Waals surface area contributed by atoms with E-state index in [2.05, 4.69) is 36.1 Å². The Hall–Kier alpha value is -1.84. The average molecular weight is 328 g/mol. The quantitative estimate of drug-likeness (QED) is 0.837. The maximum atomic E-state index is 12.9. The monoisotopic (exact) mass is 328 g/mol. The molecule has 2 amide bonds. The molecule has 2 aliphatic rings. The summed E-state index contributed by atoms with van der Waals surface area (Å²) in [5, 5.41) is 0. The van der Waals surface area contributed by atoms with Crippen molar-refractivity contribution in [2.75, 3.05) is 26.2 Å². The van der Waals surface area contributed by atoms with Gasteiger partial charge in [-0.05, 0) is 43.7 Å². The van der Waals surface area contributed by atoms with E-state index >= 15 is 0 Å². The predicted molar refractivity (Wildman–Crippen MR) is 94.7 cm³/mol. The van der Waals surface area contributed by atoms with Crippen molar-refractivity contribution in [2.45, 2.75) is 45.4 Å². The Morgan fingerprint density at radius 2 is 1.71 bits per heavy atom. The van der Waals surface area contributed by atoms with E-state index in [1.807, 2.05) is 4.90 Å². The van der Waals surface area contributed by atoms with Crippen molar-refractivity contribution in [1.29, 1.82) is 0 Å². The van der Waals surface area contributed by atoms with Crippen molar-refractivity contribution in [3.05, 3.63) is 35.4 Å². The molecule has 2 fully saturated rings. The lowest BCUT2D eigenvalue weighted by atomic mass is 9.86. The van der Waals surface area contributed by atoms with Gasteiger partial charge in [0.25, 0.3) is 0 Å². The maximum absolute atomic E-state index is 12.9. The predicted octanol–water partition coefficient (Wildman–Crippen LogP) is 2.96. The van der Waals surface area contributed by atoms with Gasteiger partial charge in [-0.1, -0.05) is 24.3 Å². The van der Waals surface area contributed by atoms with E-state index in [-0.39, 0.29) is 11.8 Å². The molecule has 2 aliphatic heterocycles. The van der Waals surface area contributed by atoms with Gasteiger partial charge < -0.3 is 9.80 Å². The molecule has 1 atom stereocenters. The highest BCUT2D eigenvalue weighted by molar-refractivity contribution is 5.80. The fourth-order valence-electron chi connectivity index (χ4n) is 4.18. The van der Waals surface area contributed by atoms with E-state index in [1.165, 1.54) is 11.1 Å². The first-order valence-electron chi connectivity index (χ1n) is 9.16. The molecule has 0 radical (unpaired) electrons. The molecule has 0 saturated carbocycles. The molecular weight excluding hydrogens is 300 g/mol. The summed E-state index contributed by atoms with van der Waals surface area (Å²) in [4.78, 5) is 28.3. The Morgan fingerprint density at radius 3 is 2.38 bits per heavy atom. The zero-order chi connectivity index (χ0) is 17.1. The van der Waals surface area contributed by atoms with Gasteiger partial charge >= 0.3 is 0 Å². The van der Waals surface area contributed by atoms with Crippen LogP contribution >= 0.6 is 0 Å². The summed E-state index contributed by atoms with van der Waals surface area (Å²) in [6.45, 7) is 6.94. The highest BCUT2D eigenvalue weighted by Crippen LogP contribution is 2.30. The van der Waals surface area contributed by atoms with Gasteiger partial charge in [0.1, 0.15) is 0 Å². The van der Waals surface area contributed by atoms with Crippen molar-refractivity contribution >= 4 is 11.8 Å². The first-order chi connectivity index (χ1) is 11.6. The minimum absolute atomic E-state index is 0.0937. The fourth-order valence-corrected chi connectivity index (χ4v) is 4.18. The van der Waals surface area contributed by atoms with Crippen molar-refractivity contribution in [3.8, 4) is 0 Å². The van der Waals surface area contributed by atoms with Crippen LogP contribution in [0, 0.1) is 12.8 Å². The van der Waals surface area contributed by atoms with Crippen LogP contribution in [0.15, 0.2) is 24.3 Å². The number of likely N-dealkylation sites (tertiary alicyclic amines) is 2. The van der Waals surface area contributed by atoms with E-state index in [9.17, 15) is 9.59 Å². The second-order valence-electron chi connectivity index (χ2n) is 7.26. The number of rotatable bonds is 2. The first kappa shape index (κ1) is 17.0. The Labute approximate surface area is 144 Å². The number of carbonyl (C=O) groups excluding carboxylic acids is 2. The number of nitrogens with zero attached hydrogens (tertiary/aromatic N) is 2. The zero-order valence-corrected chi connectivity index (χ0v) is 14.8. The van der Waals surface area contributed by atoms with Crippen LogP contribution in [0.4, 0.5) is 0 Å². The van der Waals surface area contributed by atoms with Crippen LogP contribution in [0.25, 0.3) is 0 Å². The van der Waals surface area contributed by atoms with Gasteiger partial charge in [0, 0.05) is 44.9 Å². The lowest BCUT2D eigenvalue weighted by molar-refractivity contribution is -0.141. The minimum atomic E-state index is 0.0937. The smallest absolute Gasteiger partial charge is 0.225 e. The first-order valence-corrected chi connectivity index (χ1v) is 9.16. The molecule has 4 heteroatoms. The molecule has 1 aromatic rings. The normalized spacial score (nSPS) is 22.5. The van der Waals surface area contributed by atoms with E-state index in [1.54, 1.807) is 6.92 Å². The molecule has 0 aliphatic carbocycles. The van der Waals surface area contributed by atoms with Crippen LogP contribution in [0.3, 0.4) is 0 Å². The van der Waals surface area contributed by atoms with Gasteiger partial charge in [-0.2, -0.15) is 0 Å². The zero-order valence-electron chi connectivity index (χ0n) is 14.8. The Kier molecular flexibility index (Phi) is 5.22. The topological polar surface area (TPSA) is 40.6 Å². The number of benzene rings is 1. The summed E-state index contributed by atoms with van der Waals surface area (Å²) in [7, 11) is 0. The minimum Gasteiger partial charge on any atom is -0.343 e. The van der Waals surface area contributed by atoms with E-state index in [0.29, 0.717) is 11.8 Å². The van der Waals surface area contributed by atoms with Crippen molar-refractivity contribution < 1.29 is 9.59 Å². The van der Waals surface area contributed by atoms with Crippen molar-refractivity contribution in [1.82, 2.24) is 9.80 Å². The van der Waals surface area contributed by atoms with Crippen LogP contribution < -0.4 is 0 Å². The lowest BCUT2D eigenvalue weighted by Crippen LogP contribution is -2.46. The average Bonchev–Trinajstić information content (AvgIpc) is 2.61. The molecule has 130 valence electrons. The third-order valence-electron chi connectivity index (χ3n) is 5.65. The van der Waals surface area contributed by atoms with E-state index in [0.717, 1.165) is 51.9 Å². The molecule has 0 N–H and O–H groups in total. The Balaban J connectivity index is 1.62. The molecule has 24 heavy (non-hydrogen) atoms. The molecule has 3 rings (SSSR count). The molecule has 2 heterocycles. The highest BCUT2D eigenvalue weighted by Gasteiger charge is 2.32. The molecule has 1 aromatic carbocycles. The molecule has 0 aromatic heterocycles. The maximum Gasteiger partial charge on any atom is 0.225 e. The van der Waals surface area contributed by atoms with Crippen LogP contribution in [0.2, 0.25) is 0 Å². The summed E-state index contributed by atoms with van der Waals surface area (Å²) in [6, 6.07) is 8.54. The molecular formula is C20H28N2O2. The Bertz CT molecular complexity index is 605. The molecule has 4 nitrogen and oxygen atoms in total. The summed E-state index contributed by atoms with van der Waals surface area (Å²) in [6.07, 6.45) is 3.86. The van der Waals surface area contributed by atoms with Gasteiger partial charge in [0.2, 0.25) is 11.8 Å². The number of amides is 2. The summed E-state index contributed by atoms with van der Waals surface area (Å²) < 4.78 is 0. The van der Waals surface area contributed by atoms with Crippen molar-refractivity contribution in [2.24, 2.45) is 5.92 Å². The second-order valence-corrected chi connectivity index (χ2v) is 7.26. The number of hydrogen-bond donors (Lipinski definition) is 0. The van der Waals surface area contributed by atoms with Gasteiger partial charge in [-0.25, -0.2) is 0 Å². The van der Waals surface area contributed by atoms with Crippen LogP contribution in [0.1, 0.15) is 49.7 Å². The van der Waals surface area contributed by atoms with E-state index in [4.69, 9.17) is 0 Å². The van der Waals surface area contributed by atoms with Crippen LogP contribution in [-0.4, -0.2) is 47.8 Å². The summed E-state index contributed by atoms with van der Waals surface area (Å²) in [5.41, 5.74) is 2.72. The lowest BCUT2D eigenvalue weighted by Gasteiger charge is -2.38. The standard InChI is InChI=1S/C20H28N2O2/c1-15-6-3-4-8-19(15)18-7-5-11-22(14-18)20(24)17-9-12-21(13-10-17)16(2)23/h3-4,6,8,17-18H,5,7,9-14H2,1-2H3/t18-/m1/s1. The van der Waals surface area contributed by atoms with Gasteiger partial charge in [-0.3, -0.25) is 9.59 Å². The number of piperidine rings is 2. The van der Waals surface area contributed by atoms with Crippen LogP contribution in [0.5, 0.6) is 0 Å².